The summed E-state index contributed by atoms with van der Waals surface area (Å²) < 4.78 is 5.20. The van der Waals surface area contributed by atoms with Gasteiger partial charge in [-0.1, -0.05) is 0 Å². The summed E-state index contributed by atoms with van der Waals surface area (Å²) in [4.78, 5) is 29.2. The first-order chi connectivity index (χ1) is 9.16. The SMILES string of the molecule is NC(=O)c1cnc(CCCC(=O)N2CCOCC2)s1. The number of morpholine rings is 1. The molecular weight excluding hydrogens is 266 g/mol. The maximum Gasteiger partial charge on any atom is 0.260 e. The van der Waals surface area contributed by atoms with Gasteiger partial charge in [0.2, 0.25) is 5.91 Å². The molecule has 2 amide bonds. The fourth-order valence-electron chi connectivity index (χ4n) is 1.90. The Balaban J connectivity index is 1.73. The number of aryl methyl sites for hydroxylation is 1. The molecule has 0 unspecified atom stereocenters. The number of amides is 2. The van der Waals surface area contributed by atoms with Gasteiger partial charge in [-0.05, 0) is 12.8 Å². The highest BCUT2D eigenvalue weighted by Gasteiger charge is 2.16. The molecule has 0 saturated carbocycles. The average Bonchev–Trinajstić information content (AvgIpc) is 2.89. The molecule has 7 heteroatoms. The number of ether oxygens (including phenoxy) is 1. The largest absolute Gasteiger partial charge is 0.378 e. The molecule has 19 heavy (non-hydrogen) atoms. The van der Waals surface area contributed by atoms with Crippen LogP contribution in [0.5, 0.6) is 0 Å². The van der Waals surface area contributed by atoms with Crippen molar-refractivity contribution in [1.29, 1.82) is 0 Å². The lowest BCUT2D eigenvalue weighted by atomic mass is 10.2. The average molecular weight is 283 g/mol. The molecule has 104 valence electrons. The smallest absolute Gasteiger partial charge is 0.260 e. The monoisotopic (exact) mass is 283 g/mol. The van der Waals surface area contributed by atoms with Crippen molar-refractivity contribution in [2.45, 2.75) is 19.3 Å². The van der Waals surface area contributed by atoms with E-state index in [2.05, 4.69) is 4.98 Å². The Hall–Kier alpha value is -1.47. The third-order valence-corrected chi connectivity index (χ3v) is 4.01. The lowest BCUT2D eigenvalue weighted by Crippen LogP contribution is -2.40. The molecule has 6 nitrogen and oxygen atoms in total. The predicted molar refractivity (Wildman–Crippen MR) is 71.0 cm³/mol. The Labute approximate surface area is 115 Å². The normalized spacial score (nSPS) is 15.5. The van der Waals surface area contributed by atoms with Crippen LogP contribution >= 0.6 is 11.3 Å². The highest BCUT2D eigenvalue weighted by atomic mass is 32.1. The van der Waals surface area contributed by atoms with Crippen molar-refractivity contribution in [3.05, 3.63) is 16.1 Å². The Kier molecular flexibility index (Phi) is 4.86. The first-order valence-electron chi connectivity index (χ1n) is 6.27. The topological polar surface area (TPSA) is 85.5 Å². The van der Waals surface area contributed by atoms with E-state index >= 15 is 0 Å². The number of thiazole rings is 1. The molecule has 1 aliphatic heterocycles. The molecule has 0 aromatic carbocycles. The van der Waals surface area contributed by atoms with E-state index in [-0.39, 0.29) is 5.91 Å². The predicted octanol–water partition coefficient (Wildman–Crippen LogP) is 0.423. The van der Waals surface area contributed by atoms with Gasteiger partial charge in [0.15, 0.2) is 0 Å². The molecule has 1 aliphatic rings. The minimum atomic E-state index is -0.451. The zero-order chi connectivity index (χ0) is 13.7. The van der Waals surface area contributed by atoms with Gasteiger partial charge < -0.3 is 15.4 Å². The number of nitrogens with zero attached hydrogens (tertiary/aromatic N) is 2. The van der Waals surface area contributed by atoms with Crippen LogP contribution < -0.4 is 5.73 Å². The number of hydrogen-bond donors (Lipinski definition) is 1. The third kappa shape index (κ3) is 4.00. The number of nitrogens with two attached hydrogens (primary N) is 1. The Morgan fingerprint density at radius 2 is 2.16 bits per heavy atom. The van der Waals surface area contributed by atoms with Crippen LogP contribution in [0.2, 0.25) is 0 Å². The summed E-state index contributed by atoms with van der Waals surface area (Å²) in [5, 5.41) is 0.851. The third-order valence-electron chi connectivity index (χ3n) is 2.94. The molecule has 0 spiro atoms. The molecule has 1 fully saturated rings. The summed E-state index contributed by atoms with van der Waals surface area (Å²) in [7, 11) is 0. The van der Waals surface area contributed by atoms with Crippen LogP contribution in [-0.4, -0.2) is 48.0 Å². The maximum atomic E-state index is 11.9. The molecule has 0 aliphatic carbocycles. The summed E-state index contributed by atoms with van der Waals surface area (Å²) in [6, 6.07) is 0. The second-order valence-electron chi connectivity index (χ2n) is 4.33. The Bertz CT molecular complexity index is 455. The zero-order valence-electron chi connectivity index (χ0n) is 10.6. The summed E-state index contributed by atoms with van der Waals surface area (Å²) in [5.74, 6) is -0.289. The van der Waals surface area contributed by atoms with E-state index in [1.54, 1.807) is 0 Å². The quantitative estimate of drug-likeness (QED) is 0.848. The highest BCUT2D eigenvalue weighted by Crippen LogP contribution is 2.15. The van der Waals surface area contributed by atoms with Crippen LogP contribution in [0.1, 0.15) is 27.5 Å². The first kappa shape index (κ1) is 14.0. The van der Waals surface area contributed by atoms with Crippen molar-refractivity contribution < 1.29 is 14.3 Å². The van der Waals surface area contributed by atoms with Gasteiger partial charge in [-0.15, -0.1) is 11.3 Å². The summed E-state index contributed by atoms with van der Waals surface area (Å²) in [5.41, 5.74) is 5.16. The molecule has 0 bridgehead atoms. The van der Waals surface area contributed by atoms with E-state index in [1.807, 2.05) is 4.90 Å². The van der Waals surface area contributed by atoms with Gasteiger partial charge in [0.1, 0.15) is 4.88 Å². The van der Waals surface area contributed by atoms with Crippen LogP contribution in [0.25, 0.3) is 0 Å². The first-order valence-corrected chi connectivity index (χ1v) is 7.08. The highest BCUT2D eigenvalue weighted by molar-refractivity contribution is 7.13. The minimum Gasteiger partial charge on any atom is -0.378 e. The van der Waals surface area contributed by atoms with Crippen molar-refractivity contribution in [2.24, 2.45) is 5.73 Å². The molecule has 2 N–H and O–H groups in total. The van der Waals surface area contributed by atoms with Gasteiger partial charge in [-0.2, -0.15) is 0 Å². The summed E-state index contributed by atoms with van der Waals surface area (Å²) in [6.07, 6.45) is 3.44. The minimum absolute atomic E-state index is 0.162. The van der Waals surface area contributed by atoms with Gasteiger partial charge in [0.25, 0.3) is 5.91 Å². The molecule has 0 radical (unpaired) electrons. The summed E-state index contributed by atoms with van der Waals surface area (Å²) >= 11 is 1.30. The number of hydrogen-bond acceptors (Lipinski definition) is 5. The second kappa shape index (κ2) is 6.63. The van der Waals surface area contributed by atoms with E-state index in [0.717, 1.165) is 11.4 Å². The lowest BCUT2D eigenvalue weighted by Gasteiger charge is -2.26. The Morgan fingerprint density at radius 3 is 2.79 bits per heavy atom. The molecule has 0 atom stereocenters. The fourth-order valence-corrected chi connectivity index (χ4v) is 2.71. The standard InChI is InChI=1S/C12H17N3O3S/c13-12(17)9-8-14-10(19-9)2-1-3-11(16)15-4-6-18-7-5-15/h8H,1-7H2,(H2,13,17). The van der Waals surface area contributed by atoms with Gasteiger partial charge in [0, 0.05) is 19.5 Å². The van der Waals surface area contributed by atoms with Crippen molar-refractivity contribution >= 4 is 23.2 Å². The van der Waals surface area contributed by atoms with Gasteiger partial charge in [-0.25, -0.2) is 4.98 Å². The second-order valence-corrected chi connectivity index (χ2v) is 5.44. The van der Waals surface area contributed by atoms with Crippen LogP contribution in [-0.2, 0) is 16.0 Å². The molecule has 1 aromatic rings. The van der Waals surface area contributed by atoms with E-state index in [0.29, 0.717) is 44.0 Å². The van der Waals surface area contributed by atoms with Crippen molar-refractivity contribution in [2.75, 3.05) is 26.3 Å². The van der Waals surface area contributed by atoms with E-state index in [1.165, 1.54) is 17.5 Å². The molecule has 1 aromatic heterocycles. The van der Waals surface area contributed by atoms with Crippen LogP contribution in [0.4, 0.5) is 0 Å². The van der Waals surface area contributed by atoms with Crippen molar-refractivity contribution in [3.63, 3.8) is 0 Å². The number of carbonyl (C=O) groups excluding carboxylic acids is 2. The van der Waals surface area contributed by atoms with Crippen molar-refractivity contribution in [3.8, 4) is 0 Å². The molecular formula is C12H17N3O3S. The van der Waals surface area contributed by atoms with Crippen LogP contribution in [0.3, 0.4) is 0 Å². The molecule has 2 heterocycles. The van der Waals surface area contributed by atoms with Crippen LogP contribution in [0.15, 0.2) is 6.20 Å². The number of aromatic nitrogens is 1. The van der Waals surface area contributed by atoms with Crippen LogP contribution in [0, 0.1) is 0 Å². The van der Waals surface area contributed by atoms with E-state index in [4.69, 9.17) is 10.5 Å². The molecule has 1 saturated heterocycles. The van der Waals surface area contributed by atoms with E-state index in [9.17, 15) is 9.59 Å². The van der Waals surface area contributed by atoms with Gasteiger partial charge in [0.05, 0.1) is 24.4 Å². The fraction of sp³-hybridized carbons (Fsp3) is 0.583. The Morgan fingerprint density at radius 1 is 1.42 bits per heavy atom. The lowest BCUT2D eigenvalue weighted by molar-refractivity contribution is -0.135. The number of primary amides is 1. The number of carbonyl (C=O) groups is 2. The number of rotatable bonds is 5. The van der Waals surface area contributed by atoms with Crippen molar-refractivity contribution in [1.82, 2.24) is 9.88 Å². The van der Waals surface area contributed by atoms with E-state index < -0.39 is 5.91 Å². The van der Waals surface area contributed by atoms with Gasteiger partial charge in [-0.3, -0.25) is 9.59 Å². The van der Waals surface area contributed by atoms with Gasteiger partial charge >= 0.3 is 0 Å². The zero-order valence-corrected chi connectivity index (χ0v) is 11.4. The maximum absolute atomic E-state index is 11.9. The summed E-state index contributed by atoms with van der Waals surface area (Å²) in [6.45, 7) is 2.62. The molecule has 2 rings (SSSR count).